The molecule has 0 bridgehead atoms. The molecule has 2 unspecified atom stereocenters. The zero-order valence-corrected chi connectivity index (χ0v) is 77.2. The van der Waals surface area contributed by atoms with Crippen LogP contribution in [0.1, 0.15) is 89.5 Å². The van der Waals surface area contributed by atoms with Gasteiger partial charge in [0.15, 0.2) is 24.5 Å². The largest absolute Gasteiger partial charge is 1.00 e. The Morgan fingerprint density at radius 2 is 0.682 bits per heavy atom. The minimum atomic E-state index is -5.79. The van der Waals surface area contributed by atoms with Crippen LogP contribution in [0, 0.1) is 11.8 Å². The van der Waals surface area contributed by atoms with E-state index in [9.17, 15) is 79.2 Å². The second-order valence-electron chi connectivity index (χ2n) is 29.7. The van der Waals surface area contributed by atoms with Gasteiger partial charge in [-0.3, -0.25) is 0 Å². The van der Waals surface area contributed by atoms with Crippen molar-refractivity contribution >= 4 is 131 Å². The quantitative estimate of drug-likeness (QED) is 0.00932. The Morgan fingerprint density at radius 3 is 0.938 bits per heavy atom. The molecular weight excluding hydrogens is 1770 g/mol. The summed E-state index contributed by atoms with van der Waals surface area (Å²) in [6, 6.07) is 64.1. The fourth-order valence-electron chi connectivity index (χ4n) is 13.6. The molecule has 0 fully saturated rings. The van der Waals surface area contributed by atoms with Crippen LogP contribution in [-0.4, -0.2) is 180 Å². The first kappa shape index (κ1) is 106. The Morgan fingerprint density at radius 1 is 0.403 bits per heavy atom. The Labute approximate surface area is 757 Å². The summed E-state index contributed by atoms with van der Waals surface area (Å²) in [6.45, 7) is 36.4. The van der Waals surface area contributed by atoms with E-state index in [1.165, 1.54) is 33.0 Å². The maximum atomic E-state index is 11.9. The highest BCUT2D eigenvalue weighted by Crippen LogP contribution is 2.44. The number of hydrogen-bond acceptors (Lipinski definition) is 20. The van der Waals surface area contributed by atoms with Crippen molar-refractivity contribution in [2.24, 2.45) is 11.8 Å². The average molecular weight is 1880 g/mol. The first-order valence-corrected chi connectivity index (χ1v) is 47.3. The van der Waals surface area contributed by atoms with Crippen LogP contribution in [0.2, 0.25) is 0 Å². The van der Waals surface area contributed by atoms with Crippen molar-refractivity contribution in [2.75, 3.05) is 112 Å². The van der Waals surface area contributed by atoms with Gasteiger partial charge in [0.2, 0.25) is 20.0 Å². The van der Waals surface area contributed by atoms with Crippen molar-refractivity contribution in [3.8, 4) is 0 Å². The predicted molar refractivity (Wildman–Crippen MR) is 494 cm³/mol. The normalized spacial score (nSPS) is 14.1. The Hall–Kier alpha value is -11.8. The number of ether oxygens (including phenoxy) is 4. The van der Waals surface area contributed by atoms with E-state index in [1.54, 1.807) is 27.7 Å². The lowest BCUT2D eigenvalue weighted by molar-refractivity contribution is -0.525. The van der Waals surface area contributed by atoms with E-state index in [0.717, 1.165) is 82.5 Å². The number of halogens is 7. The molecule has 692 valence electrons. The van der Waals surface area contributed by atoms with Gasteiger partial charge in [0.25, 0.3) is 0 Å². The number of fused-ring (bicyclic) bond motifs is 2. The number of nitrogens with zero attached hydrogens (tertiary/aromatic N) is 4. The van der Waals surface area contributed by atoms with Gasteiger partial charge in [-0.25, -0.2) is 62.0 Å². The van der Waals surface area contributed by atoms with Gasteiger partial charge in [0.05, 0.1) is 25.6 Å². The first-order chi connectivity index (χ1) is 60.3. The van der Waals surface area contributed by atoms with Crippen molar-refractivity contribution in [2.45, 2.75) is 78.2 Å². The second-order valence-corrected chi connectivity index (χ2v) is 37.0. The average Bonchev–Trinajstić information content (AvgIpc) is 0.769. The van der Waals surface area contributed by atoms with Crippen LogP contribution in [-0.2, 0) is 78.2 Å². The number of anilines is 6. The Balaban J connectivity index is 0.000000314. The number of rotatable bonds is 36. The predicted octanol–water partition coefficient (Wildman–Crippen LogP) is 13.8. The number of carbonyl (C=O) groups is 4. The molecule has 0 heterocycles. The molecule has 2 aliphatic rings. The van der Waals surface area contributed by atoms with Gasteiger partial charge in [-0.2, -0.15) is 26.3 Å². The van der Waals surface area contributed by atoms with Crippen LogP contribution in [0.4, 0.5) is 60.5 Å². The van der Waals surface area contributed by atoms with Crippen LogP contribution in [0.3, 0.4) is 0 Å². The van der Waals surface area contributed by atoms with Gasteiger partial charge < -0.3 is 51.8 Å². The van der Waals surface area contributed by atoms with Crippen LogP contribution in [0.15, 0.2) is 279 Å². The van der Waals surface area contributed by atoms with Gasteiger partial charge in [-0.05, 0) is 149 Å². The molecule has 8 aromatic rings. The highest BCUT2D eigenvalue weighted by atomic mass is 35.5. The maximum Gasteiger partial charge on any atom is 0.512 e. The summed E-state index contributed by atoms with van der Waals surface area (Å²) in [5.41, 5.74) is 3.74. The summed E-state index contributed by atoms with van der Waals surface area (Å²) in [4.78, 5) is 52.2. The third kappa shape index (κ3) is 31.8. The smallest absolute Gasteiger partial charge is 0.512 e. The minimum Gasteiger partial charge on any atom is -1.00 e. The zero-order chi connectivity index (χ0) is 94.5. The molecule has 0 amide bonds. The van der Waals surface area contributed by atoms with Crippen LogP contribution in [0.25, 0.3) is 21.5 Å². The number of para-hydroxylation sites is 2. The summed E-state index contributed by atoms with van der Waals surface area (Å²) in [7, 11) is -20.4. The lowest BCUT2D eigenvalue weighted by Gasteiger charge is -2.28. The van der Waals surface area contributed by atoms with Crippen LogP contribution < -0.4 is 41.1 Å². The molecule has 8 aromatic carbocycles. The topological polar surface area (TPSA) is 302 Å². The fourth-order valence-corrected chi connectivity index (χ4v) is 17.5. The molecule has 24 nitrogen and oxygen atoms in total. The number of likely N-dealkylation sites (N-methyl/N-ethyl adjacent to an activating group) is 4. The molecule has 4 N–H and O–H groups in total. The van der Waals surface area contributed by atoms with Crippen molar-refractivity contribution in [1.29, 1.82) is 0 Å². The minimum absolute atomic E-state index is 0. The van der Waals surface area contributed by atoms with Crippen molar-refractivity contribution < 1.29 is 120 Å². The molecular formula is C94H108ClF6N8O16S4+. The number of benzene rings is 8. The molecule has 0 aliphatic heterocycles. The van der Waals surface area contributed by atoms with E-state index in [0.29, 0.717) is 95.7 Å². The summed E-state index contributed by atoms with van der Waals surface area (Å²) in [5.74, 6) is -1.26. The van der Waals surface area contributed by atoms with Crippen molar-refractivity contribution in [3.63, 3.8) is 0 Å². The second kappa shape index (κ2) is 48.6. The maximum absolute atomic E-state index is 11.9. The van der Waals surface area contributed by atoms with E-state index in [-0.39, 0.29) is 60.0 Å². The van der Waals surface area contributed by atoms with E-state index in [1.807, 2.05) is 36.4 Å². The number of alkyl halides is 6. The summed E-state index contributed by atoms with van der Waals surface area (Å²) < 4.78 is 176. The van der Waals surface area contributed by atoms with E-state index in [2.05, 4.69) is 278 Å². The van der Waals surface area contributed by atoms with Gasteiger partial charge in [0, 0.05) is 128 Å². The Kier molecular flexibility index (Phi) is 39.9. The third-order valence-electron chi connectivity index (χ3n) is 19.8. The molecule has 35 heteroatoms. The van der Waals surface area contributed by atoms with E-state index >= 15 is 0 Å². The fraction of sp³-hybridized carbons (Fsp3) is 0.298. The van der Waals surface area contributed by atoms with Crippen molar-refractivity contribution in [3.05, 3.63) is 301 Å². The summed E-state index contributed by atoms with van der Waals surface area (Å²) >= 11 is 0. The summed E-state index contributed by atoms with van der Waals surface area (Å²) in [6.07, 6.45) is 18.5. The third-order valence-corrected chi connectivity index (χ3v) is 25.2. The first-order valence-electron chi connectivity index (χ1n) is 40.5. The van der Waals surface area contributed by atoms with Gasteiger partial charge in [-0.1, -0.05) is 172 Å². The van der Waals surface area contributed by atoms with Crippen LogP contribution >= 0.6 is 0 Å². The van der Waals surface area contributed by atoms with E-state index in [4.69, 9.17) is 18.9 Å². The highest BCUT2D eigenvalue weighted by Gasteiger charge is 2.48. The zero-order valence-electron chi connectivity index (χ0n) is 73.2. The molecule has 129 heavy (non-hydrogen) atoms. The summed E-state index contributed by atoms with van der Waals surface area (Å²) in [5, 5.41) is 12.0. The highest BCUT2D eigenvalue weighted by molar-refractivity contribution is 8.05. The standard InChI is InChI=1S/2C45H50N3O4.2C2H4F3NO4S2.ClH/c2*1-7-47(28-30-51-44(49)32(3)4)37-22-18-34(19-23-37)43(35-20-24-38(25-21-35)48(8-2)29-31-52-45(50)33(5)6)41-26-27-42(40-17-13-12-16-39(40)41)46-36-14-10-9-11-15-36;2*1-11(7,8)6-12(9,10)2(3,4)5;/h2*9-27,34,43,46H,3,5,7-8,28-31H2,1-2,4,6H3;2*6H,1H3;1H/q2*+1;;;/p-1. The van der Waals surface area contributed by atoms with Gasteiger partial charge in [-0.15, -0.1) is 8.25 Å². The Bertz CT molecular complexity index is 5600. The molecule has 2 atom stereocenters. The molecule has 0 spiro atoms. The monoisotopic (exact) mass is 1880 g/mol. The molecule has 0 aromatic heterocycles. The molecule has 10 rings (SSSR count). The number of carbonyl (C=O) groups excluding carboxylic acids is 4. The van der Waals surface area contributed by atoms with Gasteiger partial charge >= 0.3 is 54.9 Å². The number of sulfonamides is 4. The lowest BCUT2D eigenvalue weighted by Crippen LogP contribution is -3.00. The molecule has 0 saturated heterocycles. The molecule has 0 radical (unpaired) electrons. The van der Waals surface area contributed by atoms with E-state index < -0.39 is 51.1 Å². The number of hydrogen-bond donors (Lipinski definition) is 4. The number of allylic oxidation sites excluding steroid dienone is 8. The van der Waals surface area contributed by atoms with Crippen molar-refractivity contribution in [1.82, 2.24) is 8.25 Å². The van der Waals surface area contributed by atoms with Crippen LogP contribution in [0.5, 0.6) is 0 Å². The number of nitrogens with one attached hydrogen (secondary N) is 4. The SMILES string of the molecule is C=C(C)C(=O)OCCN(CC)c1ccc(C(c2ccc(Nc3ccccc3)c3ccccc23)C2C=CC(=[N+](CC)CCOC(=O)C(=C)C)C=C2)cc1.C=C(C)C(=O)OCCN(CC)c1ccc(C(c2ccc(Nc3ccccc3)c3ccccc23)C2C=CC(=[N+](CC)CCOC(=O)C(=C)C)C=C2)cc1.CS(=O)(=O)NS(=O)(=O)C(F)(F)F.CS(=O)(=O)NS(=O)(=O)C(F)(F)F.[Cl-]. The van der Waals surface area contributed by atoms with Gasteiger partial charge in [0.1, 0.15) is 39.5 Å². The molecule has 2 aliphatic carbocycles. The molecule has 0 saturated carbocycles. The lowest BCUT2D eigenvalue weighted by atomic mass is 9.77. The number of esters is 4.